The van der Waals surface area contributed by atoms with Crippen molar-refractivity contribution in [1.29, 1.82) is 0 Å². The summed E-state index contributed by atoms with van der Waals surface area (Å²) in [5.41, 5.74) is 3.15. The number of halogens is 1. The molecule has 86 valence electrons. The van der Waals surface area contributed by atoms with Crippen LogP contribution in [-0.2, 0) is 4.79 Å². The van der Waals surface area contributed by atoms with Crippen LogP contribution in [0.1, 0.15) is 18.1 Å². The highest BCUT2D eigenvalue weighted by Gasteiger charge is 2.00. The normalized spacial score (nSPS) is 11.8. The maximum Gasteiger partial charge on any atom is 0.245 e. The molecule has 0 radical (unpaired) electrons. The van der Waals surface area contributed by atoms with Crippen LogP contribution < -0.4 is 0 Å². The molecule has 0 fully saturated rings. The van der Waals surface area contributed by atoms with Crippen LogP contribution in [0.25, 0.3) is 16.3 Å². The standard InChI is InChI=1S/C15H13ClO/c1-10-3-4-14-9-12(5-6-13(14)7-10)11(2)8-15(16)17/h3-9H,1-2H3/b11-8-. The highest BCUT2D eigenvalue weighted by atomic mass is 35.5. The van der Waals surface area contributed by atoms with Crippen molar-refractivity contribution in [3.63, 3.8) is 0 Å². The van der Waals surface area contributed by atoms with Gasteiger partial charge in [0, 0.05) is 6.08 Å². The second-order valence-electron chi connectivity index (χ2n) is 4.20. The molecular weight excluding hydrogens is 232 g/mol. The zero-order chi connectivity index (χ0) is 12.4. The smallest absolute Gasteiger partial charge is 0.245 e. The number of hydrogen-bond acceptors (Lipinski definition) is 1. The van der Waals surface area contributed by atoms with Crippen molar-refractivity contribution >= 4 is 33.2 Å². The Labute approximate surface area is 106 Å². The van der Waals surface area contributed by atoms with Crippen LogP contribution >= 0.6 is 11.6 Å². The Hall–Kier alpha value is -1.60. The van der Waals surface area contributed by atoms with E-state index in [-0.39, 0.29) is 0 Å². The topological polar surface area (TPSA) is 17.1 Å². The summed E-state index contributed by atoms with van der Waals surface area (Å²) in [5, 5.41) is 1.94. The van der Waals surface area contributed by atoms with Crippen LogP contribution in [0, 0.1) is 6.92 Å². The first-order valence-electron chi connectivity index (χ1n) is 5.45. The lowest BCUT2D eigenvalue weighted by Gasteiger charge is -2.04. The SMILES string of the molecule is C/C(=C/C(=O)Cl)c1ccc2cc(C)ccc2c1. The van der Waals surface area contributed by atoms with Crippen molar-refractivity contribution in [3.8, 4) is 0 Å². The fourth-order valence-corrected chi connectivity index (χ4v) is 2.03. The second-order valence-corrected chi connectivity index (χ2v) is 4.57. The molecule has 0 aromatic heterocycles. The number of hydrogen-bond donors (Lipinski definition) is 0. The predicted molar refractivity (Wildman–Crippen MR) is 73.2 cm³/mol. The van der Waals surface area contributed by atoms with Gasteiger partial charge < -0.3 is 0 Å². The summed E-state index contributed by atoms with van der Waals surface area (Å²) in [6.07, 6.45) is 1.44. The molecule has 2 rings (SSSR count). The molecule has 0 aliphatic rings. The second kappa shape index (κ2) is 4.72. The van der Waals surface area contributed by atoms with Gasteiger partial charge in [0.1, 0.15) is 0 Å². The monoisotopic (exact) mass is 244 g/mol. The van der Waals surface area contributed by atoms with Gasteiger partial charge in [-0.3, -0.25) is 4.79 Å². The van der Waals surface area contributed by atoms with Crippen LogP contribution in [0.3, 0.4) is 0 Å². The van der Waals surface area contributed by atoms with Gasteiger partial charge in [-0.25, -0.2) is 0 Å². The lowest BCUT2D eigenvalue weighted by molar-refractivity contribution is -0.107. The minimum Gasteiger partial charge on any atom is -0.276 e. The van der Waals surface area contributed by atoms with Gasteiger partial charge in [-0.05, 0) is 53.4 Å². The molecule has 0 N–H and O–H groups in total. The third-order valence-corrected chi connectivity index (χ3v) is 2.89. The van der Waals surface area contributed by atoms with Crippen molar-refractivity contribution in [2.45, 2.75) is 13.8 Å². The number of fused-ring (bicyclic) bond motifs is 1. The van der Waals surface area contributed by atoms with E-state index in [4.69, 9.17) is 11.6 Å². The molecule has 1 nitrogen and oxygen atoms in total. The first-order chi connectivity index (χ1) is 8.06. The fourth-order valence-electron chi connectivity index (χ4n) is 1.86. The summed E-state index contributed by atoms with van der Waals surface area (Å²) in [6.45, 7) is 3.96. The highest BCUT2D eigenvalue weighted by molar-refractivity contribution is 6.67. The van der Waals surface area contributed by atoms with Gasteiger partial charge in [-0.2, -0.15) is 0 Å². The largest absolute Gasteiger partial charge is 0.276 e. The number of aryl methyl sites for hydroxylation is 1. The molecule has 0 heterocycles. The van der Waals surface area contributed by atoms with Crippen molar-refractivity contribution in [2.24, 2.45) is 0 Å². The zero-order valence-corrected chi connectivity index (χ0v) is 10.6. The molecule has 0 aliphatic carbocycles. The molecule has 0 saturated carbocycles. The summed E-state index contributed by atoms with van der Waals surface area (Å²) in [5.74, 6) is 0. The van der Waals surface area contributed by atoms with Crippen LogP contribution in [0.15, 0.2) is 42.5 Å². The fraction of sp³-hybridized carbons (Fsp3) is 0.133. The number of carbonyl (C=O) groups is 1. The molecule has 2 heteroatoms. The average Bonchev–Trinajstić information content (AvgIpc) is 2.27. The van der Waals surface area contributed by atoms with Gasteiger partial charge in [0.2, 0.25) is 5.24 Å². The quantitative estimate of drug-likeness (QED) is 0.568. The number of allylic oxidation sites excluding steroid dienone is 2. The van der Waals surface area contributed by atoms with Crippen molar-refractivity contribution < 1.29 is 4.79 Å². The first-order valence-corrected chi connectivity index (χ1v) is 5.82. The Morgan fingerprint density at radius 1 is 1.12 bits per heavy atom. The minimum absolute atomic E-state index is 0.438. The van der Waals surface area contributed by atoms with Crippen molar-refractivity contribution in [1.82, 2.24) is 0 Å². The molecular formula is C15H13ClO. The number of carbonyl (C=O) groups excluding carboxylic acids is 1. The van der Waals surface area contributed by atoms with E-state index in [1.165, 1.54) is 22.4 Å². The zero-order valence-electron chi connectivity index (χ0n) is 9.83. The van der Waals surface area contributed by atoms with Crippen molar-refractivity contribution in [2.75, 3.05) is 0 Å². The molecule has 0 aliphatic heterocycles. The Morgan fingerprint density at radius 3 is 2.47 bits per heavy atom. The minimum atomic E-state index is -0.438. The average molecular weight is 245 g/mol. The van der Waals surface area contributed by atoms with E-state index in [1.54, 1.807) is 0 Å². The van der Waals surface area contributed by atoms with Crippen molar-refractivity contribution in [3.05, 3.63) is 53.6 Å². The lowest BCUT2D eigenvalue weighted by Crippen LogP contribution is -1.85. The maximum absolute atomic E-state index is 10.8. The van der Waals surface area contributed by atoms with Gasteiger partial charge in [0.15, 0.2) is 0 Å². The van der Waals surface area contributed by atoms with E-state index >= 15 is 0 Å². The molecule has 0 unspecified atom stereocenters. The Kier molecular flexibility index (Phi) is 3.30. The Balaban J connectivity index is 2.52. The molecule has 0 spiro atoms. The van der Waals surface area contributed by atoms with Crippen LogP contribution in [-0.4, -0.2) is 5.24 Å². The van der Waals surface area contributed by atoms with Crippen LogP contribution in [0.5, 0.6) is 0 Å². The molecule has 2 aromatic rings. The van der Waals surface area contributed by atoms with E-state index in [2.05, 4.69) is 37.3 Å². The highest BCUT2D eigenvalue weighted by Crippen LogP contribution is 2.22. The van der Waals surface area contributed by atoms with Crippen LogP contribution in [0.2, 0.25) is 0 Å². The Bertz CT molecular complexity index is 611. The van der Waals surface area contributed by atoms with E-state index in [0.717, 1.165) is 11.1 Å². The molecule has 2 aromatic carbocycles. The summed E-state index contributed by atoms with van der Waals surface area (Å²) >= 11 is 5.35. The third-order valence-electron chi connectivity index (χ3n) is 2.78. The third kappa shape index (κ3) is 2.75. The van der Waals surface area contributed by atoms with E-state index in [9.17, 15) is 4.79 Å². The molecule has 0 bridgehead atoms. The van der Waals surface area contributed by atoms with Gasteiger partial charge in [0.05, 0.1) is 0 Å². The summed E-state index contributed by atoms with van der Waals surface area (Å²) in [4.78, 5) is 10.8. The summed E-state index contributed by atoms with van der Waals surface area (Å²) in [6, 6.07) is 12.5. The summed E-state index contributed by atoms with van der Waals surface area (Å²) in [7, 11) is 0. The van der Waals surface area contributed by atoms with Gasteiger partial charge in [-0.1, -0.05) is 35.9 Å². The van der Waals surface area contributed by atoms with E-state index < -0.39 is 5.24 Å². The summed E-state index contributed by atoms with van der Waals surface area (Å²) < 4.78 is 0. The number of rotatable bonds is 2. The van der Waals surface area contributed by atoms with E-state index in [1.807, 2.05) is 13.0 Å². The lowest BCUT2D eigenvalue weighted by atomic mass is 10.0. The number of benzene rings is 2. The van der Waals surface area contributed by atoms with E-state index in [0.29, 0.717) is 0 Å². The first kappa shape index (κ1) is 11.9. The maximum atomic E-state index is 10.8. The Morgan fingerprint density at radius 2 is 1.76 bits per heavy atom. The molecule has 0 saturated heterocycles. The molecule has 0 amide bonds. The van der Waals surface area contributed by atoms with Gasteiger partial charge in [0.25, 0.3) is 0 Å². The predicted octanol–water partition coefficient (Wildman–Crippen LogP) is 4.32. The van der Waals surface area contributed by atoms with Gasteiger partial charge >= 0.3 is 0 Å². The van der Waals surface area contributed by atoms with Crippen LogP contribution in [0.4, 0.5) is 0 Å². The molecule has 0 atom stereocenters. The van der Waals surface area contributed by atoms with Gasteiger partial charge in [-0.15, -0.1) is 0 Å². The molecule has 17 heavy (non-hydrogen) atoms.